The molecule has 0 spiro atoms. The Morgan fingerprint density at radius 3 is 2.50 bits per heavy atom. The molecule has 0 aliphatic heterocycles. The molecule has 1 atom stereocenters. The monoisotopic (exact) mass is 160 g/mol. The molecule has 0 radical (unpaired) electrons. The maximum absolute atomic E-state index is 12.6. The van der Waals surface area contributed by atoms with Crippen LogP contribution in [0, 0.1) is 12.1 Å². The first-order chi connectivity index (χ1) is 4.61. The van der Waals surface area contributed by atoms with Gasteiger partial charge in [0.05, 0.1) is 11.7 Å². The van der Waals surface area contributed by atoms with Gasteiger partial charge in [0.15, 0.2) is 5.13 Å². The van der Waals surface area contributed by atoms with Crippen LogP contribution in [-0.2, 0) is 0 Å². The van der Waals surface area contributed by atoms with Gasteiger partial charge in [-0.2, -0.15) is 4.39 Å². The summed E-state index contributed by atoms with van der Waals surface area (Å²) in [6.45, 7) is 3.43. The number of aromatic nitrogens is 1. The number of nitrogens with zero attached hydrogens (tertiary/aromatic N) is 1. The smallest absolute Gasteiger partial charge is 0.199 e. The zero-order valence-corrected chi connectivity index (χ0v) is 6.70. The molecule has 10 heavy (non-hydrogen) atoms. The van der Waals surface area contributed by atoms with Gasteiger partial charge >= 0.3 is 0 Å². The zero-order valence-electron chi connectivity index (χ0n) is 5.89. The Morgan fingerprint density at radius 2 is 2.30 bits per heavy atom. The van der Waals surface area contributed by atoms with Crippen molar-refractivity contribution in [2.24, 2.45) is 5.73 Å². The van der Waals surface area contributed by atoms with Crippen molar-refractivity contribution in [3.63, 3.8) is 0 Å². The number of thiazole rings is 1. The van der Waals surface area contributed by atoms with Crippen LogP contribution >= 0.6 is 11.3 Å². The van der Waals surface area contributed by atoms with Crippen LogP contribution in [-0.4, -0.2) is 4.98 Å². The molecule has 1 rings (SSSR count). The Labute approximate surface area is 62.9 Å². The summed E-state index contributed by atoms with van der Waals surface area (Å²) in [5, 5.41) is 0.433. The molecule has 4 heteroatoms. The summed E-state index contributed by atoms with van der Waals surface area (Å²) in [5.74, 6) is 0. The van der Waals surface area contributed by atoms with E-state index >= 15 is 0 Å². The molecular formula is C6H9FN2S. The second-order valence-corrected chi connectivity index (χ2v) is 3.18. The lowest BCUT2D eigenvalue weighted by atomic mass is 10.4. The van der Waals surface area contributed by atoms with Crippen molar-refractivity contribution in [3.05, 3.63) is 15.8 Å². The van der Waals surface area contributed by atoms with E-state index in [2.05, 4.69) is 4.98 Å². The molecular weight excluding hydrogens is 151 g/mol. The Morgan fingerprint density at radius 1 is 1.70 bits per heavy atom. The minimum atomic E-state index is -0.229. The SMILES string of the molecule is Cc1nc([C@H](C)N)sc1F. The van der Waals surface area contributed by atoms with Gasteiger partial charge in [-0.05, 0) is 13.8 Å². The molecule has 56 valence electrons. The number of hydrogen-bond donors (Lipinski definition) is 1. The molecule has 1 aromatic rings. The zero-order chi connectivity index (χ0) is 7.72. The number of aryl methyl sites for hydroxylation is 1. The molecule has 0 unspecified atom stereocenters. The minimum absolute atomic E-state index is 0.159. The van der Waals surface area contributed by atoms with Crippen molar-refractivity contribution in [2.45, 2.75) is 19.9 Å². The fraction of sp³-hybridized carbons (Fsp3) is 0.500. The lowest BCUT2D eigenvalue weighted by Gasteiger charge is -1.95. The van der Waals surface area contributed by atoms with E-state index in [0.29, 0.717) is 10.7 Å². The van der Waals surface area contributed by atoms with Gasteiger partial charge in [-0.15, -0.1) is 0 Å². The molecule has 1 aromatic heterocycles. The lowest BCUT2D eigenvalue weighted by molar-refractivity contribution is 0.642. The molecule has 0 amide bonds. The van der Waals surface area contributed by atoms with Gasteiger partial charge in [0.25, 0.3) is 0 Å². The van der Waals surface area contributed by atoms with Crippen molar-refractivity contribution in [1.82, 2.24) is 4.98 Å². The normalized spacial score (nSPS) is 13.6. The van der Waals surface area contributed by atoms with Crippen molar-refractivity contribution < 1.29 is 4.39 Å². The molecule has 2 nitrogen and oxygen atoms in total. The number of rotatable bonds is 1. The van der Waals surface area contributed by atoms with Crippen LogP contribution in [0.15, 0.2) is 0 Å². The Balaban J connectivity index is 2.98. The second kappa shape index (κ2) is 2.64. The molecule has 2 N–H and O–H groups in total. The van der Waals surface area contributed by atoms with Crippen LogP contribution in [0.4, 0.5) is 4.39 Å². The van der Waals surface area contributed by atoms with E-state index in [1.54, 1.807) is 13.8 Å². The van der Waals surface area contributed by atoms with Crippen LogP contribution < -0.4 is 5.73 Å². The quantitative estimate of drug-likeness (QED) is 0.677. The van der Waals surface area contributed by atoms with Crippen LogP contribution in [0.25, 0.3) is 0 Å². The molecule has 0 aliphatic rings. The van der Waals surface area contributed by atoms with Gasteiger partial charge in [0.1, 0.15) is 5.01 Å². The summed E-state index contributed by atoms with van der Waals surface area (Å²) in [4.78, 5) is 3.93. The third kappa shape index (κ3) is 1.33. The highest BCUT2D eigenvalue weighted by atomic mass is 32.1. The Bertz CT molecular complexity index is 212. The molecule has 0 aromatic carbocycles. The van der Waals surface area contributed by atoms with Crippen molar-refractivity contribution in [3.8, 4) is 0 Å². The average Bonchev–Trinajstić information content (AvgIpc) is 2.13. The predicted molar refractivity (Wildman–Crippen MR) is 39.4 cm³/mol. The minimum Gasteiger partial charge on any atom is -0.322 e. The summed E-state index contributed by atoms with van der Waals surface area (Å²) in [6.07, 6.45) is 0. The van der Waals surface area contributed by atoms with Gasteiger partial charge in [0.2, 0.25) is 0 Å². The van der Waals surface area contributed by atoms with Crippen LogP contribution in [0.3, 0.4) is 0 Å². The van der Waals surface area contributed by atoms with Crippen molar-refractivity contribution >= 4 is 11.3 Å². The molecule has 0 fully saturated rings. The summed E-state index contributed by atoms with van der Waals surface area (Å²) < 4.78 is 12.6. The first-order valence-electron chi connectivity index (χ1n) is 2.99. The molecule has 0 saturated heterocycles. The van der Waals surface area contributed by atoms with Gasteiger partial charge in [0, 0.05) is 0 Å². The fourth-order valence-corrected chi connectivity index (χ4v) is 1.34. The van der Waals surface area contributed by atoms with Gasteiger partial charge in [-0.25, -0.2) is 4.98 Å². The lowest BCUT2D eigenvalue weighted by Crippen LogP contribution is -2.03. The van der Waals surface area contributed by atoms with E-state index in [-0.39, 0.29) is 11.2 Å². The van der Waals surface area contributed by atoms with Crippen LogP contribution in [0.2, 0.25) is 0 Å². The largest absolute Gasteiger partial charge is 0.322 e. The highest BCUT2D eigenvalue weighted by Gasteiger charge is 2.08. The van der Waals surface area contributed by atoms with E-state index in [9.17, 15) is 4.39 Å². The van der Waals surface area contributed by atoms with Crippen LogP contribution in [0.1, 0.15) is 23.7 Å². The molecule has 0 aliphatic carbocycles. The summed E-state index contributed by atoms with van der Waals surface area (Å²) >= 11 is 1.02. The number of hydrogen-bond acceptors (Lipinski definition) is 3. The van der Waals surface area contributed by atoms with Crippen molar-refractivity contribution in [1.29, 1.82) is 0 Å². The van der Waals surface area contributed by atoms with Gasteiger partial charge in [-0.1, -0.05) is 11.3 Å². The van der Waals surface area contributed by atoms with E-state index in [1.807, 2.05) is 0 Å². The second-order valence-electron chi connectivity index (χ2n) is 2.20. The van der Waals surface area contributed by atoms with E-state index in [1.165, 1.54) is 0 Å². The standard InChI is InChI=1S/C6H9FN2S/c1-3(8)6-9-4(2)5(7)10-6/h3H,8H2,1-2H3/t3-/m0/s1. The fourth-order valence-electron chi connectivity index (χ4n) is 0.592. The third-order valence-corrected chi connectivity index (χ3v) is 2.29. The van der Waals surface area contributed by atoms with E-state index < -0.39 is 0 Å². The summed E-state index contributed by atoms with van der Waals surface area (Å²) in [7, 11) is 0. The number of halogens is 1. The number of nitrogens with two attached hydrogens (primary N) is 1. The van der Waals surface area contributed by atoms with Crippen LogP contribution in [0.5, 0.6) is 0 Å². The predicted octanol–water partition coefficient (Wildman–Crippen LogP) is 1.61. The molecule has 0 bridgehead atoms. The average molecular weight is 160 g/mol. The van der Waals surface area contributed by atoms with Crippen molar-refractivity contribution in [2.75, 3.05) is 0 Å². The highest BCUT2D eigenvalue weighted by molar-refractivity contribution is 7.10. The van der Waals surface area contributed by atoms with Gasteiger partial charge < -0.3 is 5.73 Å². The van der Waals surface area contributed by atoms with E-state index in [0.717, 1.165) is 11.3 Å². The molecule has 1 heterocycles. The highest BCUT2D eigenvalue weighted by Crippen LogP contribution is 2.19. The van der Waals surface area contributed by atoms with E-state index in [4.69, 9.17) is 5.73 Å². The molecule has 0 saturated carbocycles. The summed E-state index contributed by atoms with van der Waals surface area (Å²) in [5.41, 5.74) is 5.92. The topological polar surface area (TPSA) is 38.9 Å². The first-order valence-corrected chi connectivity index (χ1v) is 3.81. The van der Waals surface area contributed by atoms with Gasteiger partial charge in [-0.3, -0.25) is 0 Å². The first kappa shape index (κ1) is 7.63. The maximum Gasteiger partial charge on any atom is 0.199 e. The third-order valence-electron chi connectivity index (χ3n) is 1.15. The Kier molecular flexibility index (Phi) is 2.01. The summed E-state index contributed by atoms with van der Waals surface area (Å²) in [6, 6.07) is -0.159. The maximum atomic E-state index is 12.6. The Hall–Kier alpha value is -0.480.